The molecule has 0 aromatic heterocycles. The molecule has 0 fully saturated rings. The molecular weight excluding hydrogens is 801 g/mol. The van der Waals surface area contributed by atoms with Gasteiger partial charge >= 0.3 is 108 Å². The van der Waals surface area contributed by atoms with E-state index in [1.54, 1.807) is 24.3 Å². The first-order chi connectivity index (χ1) is 24.8. The smallest absolute Gasteiger partial charge is 1.00 e. The monoisotopic (exact) mass is 850 g/mol. The number of hydrogen-bond acceptors (Lipinski definition) is 0. The van der Waals surface area contributed by atoms with Gasteiger partial charge in [0, 0.05) is 0 Å². The Balaban J connectivity index is 0.000000205. The van der Waals surface area contributed by atoms with E-state index in [4.69, 9.17) is 0 Å². The zero-order valence-electron chi connectivity index (χ0n) is 33.8. The molecule has 0 radical (unpaired) electrons. The molecule has 0 nitrogen and oxygen atoms in total. The minimum Gasteiger partial charge on any atom is -1.00 e. The van der Waals surface area contributed by atoms with Crippen molar-refractivity contribution >= 4 is 14.4 Å². The van der Waals surface area contributed by atoms with Crippen LogP contribution in [0, 0.1) is 25.0 Å². The molecule has 3 aliphatic rings. The minimum atomic E-state index is -0.244. The molecule has 0 saturated carbocycles. The zero-order chi connectivity index (χ0) is 38.5. The van der Waals surface area contributed by atoms with Crippen LogP contribution >= 0.6 is 0 Å². The van der Waals surface area contributed by atoms with E-state index in [2.05, 4.69) is 130 Å². The van der Waals surface area contributed by atoms with Crippen LogP contribution in [0.25, 0.3) is 22.3 Å². The second-order valence-corrected chi connectivity index (χ2v) is 18.5. The third kappa shape index (κ3) is 9.67. The third-order valence-electron chi connectivity index (χ3n) is 11.1. The van der Waals surface area contributed by atoms with Crippen LogP contribution in [0.1, 0.15) is 124 Å². The van der Waals surface area contributed by atoms with Gasteiger partial charge in [0.25, 0.3) is 0 Å². The Kier molecular flexibility index (Phi) is 13.8. The van der Waals surface area contributed by atoms with Gasteiger partial charge in [-0.2, -0.15) is 28.8 Å². The van der Waals surface area contributed by atoms with E-state index >= 15 is 0 Å². The van der Waals surface area contributed by atoms with Crippen molar-refractivity contribution in [1.29, 1.82) is 0 Å². The molecule has 55 heavy (non-hydrogen) atoms. The number of fused-ring (bicyclic) bond motifs is 5. The Bertz CT molecular complexity index is 2110. The number of hydrogen-bond donors (Lipinski definition) is 0. The van der Waals surface area contributed by atoms with Gasteiger partial charge in [0.05, 0.1) is 0 Å². The maximum Gasteiger partial charge on any atom is -1.00 e. The molecule has 5 aromatic rings. The summed E-state index contributed by atoms with van der Waals surface area (Å²) in [5, 5.41) is 0. The number of halogens is 4. The largest absolute Gasteiger partial charge is 1.00 e. The normalized spacial score (nSPS) is 15.2. The SMILES string of the molecule is CC1=C[CH-]C(C)(C)c2cc3c(cc21)-c1cc2c(cc1C3)C(C)(C)CC=C2C.Cc1cc(C(C)(C)C)c[cH-]1.Fc1ccc([C](=[Zr+2])c2ccc(F)cc2)cc1.[Cl-].[Cl-]. The molecule has 0 unspecified atom stereocenters. The van der Waals surface area contributed by atoms with E-state index in [9.17, 15) is 8.78 Å². The van der Waals surface area contributed by atoms with E-state index in [0.29, 0.717) is 5.41 Å². The van der Waals surface area contributed by atoms with Crippen LogP contribution in [0.2, 0.25) is 0 Å². The van der Waals surface area contributed by atoms with Gasteiger partial charge in [-0.25, -0.2) is 18.6 Å². The number of rotatable bonds is 2. The quantitative estimate of drug-likeness (QED) is 0.160. The van der Waals surface area contributed by atoms with Gasteiger partial charge in [0.2, 0.25) is 0 Å². The minimum absolute atomic E-state index is 0. The first kappa shape index (κ1) is 44.5. The van der Waals surface area contributed by atoms with Crippen LogP contribution in [0.3, 0.4) is 0 Å². The number of aryl methyl sites for hydroxylation is 1. The summed E-state index contributed by atoms with van der Waals surface area (Å²) in [6.07, 6.45) is 9.28. The molecule has 0 atom stereocenters. The molecule has 0 heterocycles. The van der Waals surface area contributed by atoms with Crippen molar-refractivity contribution in [3.05, 3.63) is 177 Å². The summed E-state index contributed by atoms with van der Waals surface area (Å²) < 4.78 is 26.6. The number of allylic oxidation sites excluding steroid dienone is 4. The van der Waals surface area contributed by atoms with Crippen LogP contribution in [0.4, 0.5) is 8.78 Å². The topological polar surface area (TPSA) is 0 Å². The standard InChI is InChI=1S/C27H29.C13H8F2.C10H15.2ClH.Zr/c1-16-7-9-26(3,4)24-12-18-11-19-13-25-21(17(2)8-10-27(25,5)6)15-23(19)22(18)14-20(16)24;14-12-5-1-10(2-6-12)9-11-3-7-13(15)8-4-11;1-8-5-6-9(7-8)10(2,3)4;;;/h7-9,12-15H,10-11H2,1-6H3;1-8H;5-7H,1-4H3;2*1H;/q-1;;-1;;;+2/p-2. The molecule has 5 heteroatoms. The fraction of sp³-hybridized carbons (Fsp3) is 0.300. The van der Waals surface area contributed by atoms with Crippen molar-refractivity contribution < 1.29 is 57.8 Å². The van der Waals surface area contributed by atoms with E-state index in [1.165, 1.54) is 115 Å². The van der Waals surface area contributed by atoms with E-state index in [-0.39, 0.29) is 47.3 Å². The molecule has 0 bridgehead atoms. The van der Waals surface area contributed by atoms with Gasteiger partial charge in [0.15, 0.2) is 0 Å². The molecule has 286 valence electrons. The average Bonchev–Trinajstić information content (AvgIpc) is 3.71. The van der Waals surface area contributed by atoms with Gasteiger partial charge in [0.1, 0.15) is 0 Å². The molecule has 0 amide bonds. The van der Waals surface area contributed by atoms with Gasteiger partial charge in [-0.15, -0.1) is 12.5 Å². The van der Waals surface area contributed by atoms with Gasteiger partial charge in [-0.05, 0) is 70.2 Å². The van der Waals surface area contributed by atoms with Crippen LogP contribution in [0.5, 0.6) is 0 Å². The maximum absolute atomic E-state index is 12.8. The maximum atomic E-state index is 12.8. The van der Waals surface area contributed by atoms with Crippen LogP contribution in [-0.2, 0) is 46.9 Å². The summed E-state index contributed by atoms with van der Waals surface area (Å²) in [6.45, 7) is 22.8. The predicted octanol–water partition coefficient (Wildman–Crippen LogP) is 7.34. The second-order valence-electron chi connectivity index (χ2n) is 17.3. The molecule has 3 aliphatic carbocycles. The Hall–Kier alpha value is -3.23. The molecule has 8 rings (SSSR count). The average molecular weight is 853 g/mol. The Labute approximate surface area is 356 Å². The number of benzene rings is 4. The van der Waals surface area contributed by atoms with Crippen molar-refractivity contribution in [2.75, 3.05) is 0 Å². The first-order valence-electron chi connectivity index (χ1n) is 18.7. The summed E-state index contributed by atoms with van der Waals surface area (Å²) in [5.41, 5.74) is 20.1. The van der Waals surface area contributed by atoms with Gasteiger partial charge in [-0.3, -0.25) is 0 Å². The summed E-state index contributed by atoms with van der Waals surface area (Å²) in [4.78, 5) is 0. The van der Waals surface area contributed by atoms with Gasteiger partial charge < -0.3 is 24.8 Å². The van der Waals surface area contributed by atoms with E-state index in [1.807, 2.05) is 0 Å². The van der Waals surface area contributed by atoms with Crippen molar-refractivity contribution in [2.24, 2.45) is 0 Å². The zero-order valence-corrected chi connectivity index (χ0v) is 37.8. The molecular formula is C50H52Cl2F2Zr-2. The molecule has 0 N–H and O–H groups in total. The molecule has 0 spiro atoms. The van der Waals surface area contributed by atoms with Crippen molar-refractivity contribution in [1.82, 2.24) is 0 Å². The Morgan fingerprint density at radius 3 is 1.62 bits per heavy atom. The predicted molar refractivity (Wildman–Crippen MR) is 218 cm³/mol. The summed E-state index contributed by atoms with van der Waals surface area (Å²) in [7, 11) is 0. The van der Waals surface area contributed by atoms with E-state index < -0.39 is 0 Å². The second kappa shape index (κ2) is 17.1. The van der Waals surface area contributed by atoms with Crippen molar-refractivity contribution in [3.63, 3.8) is 0 Å². The van der Waals surface area contributed by atoms with Crippen LogP contribution in [-0.4, -0.2) is 3.21 Å². The fourth-order valence-corrected chi connectivity index (χ4v) is 8.42. The molecule has 5 aromatic carbocycles. The van der Waals surface area contributed by atoms with Crippen LogP contribution in [0.15, 0.2) is 103 Å². The fourth-order valence-electron chi connectivity index (χ4n) is 7.60. The molecule has 0 aliphatic heterocycles. The summed E-state index contributed by atoms with van der Waals surface area (Å²) in [6, 6.07) is 29.3. The van der Waals surface area contributed by atoms with E-state index in [0.717, 1.165) is 27.2 Å². The van der Waals surface area contributed by atoms with Crippen LogP contribution < -0.4 is 24.8 Å². The third-order valence-corrected chi connectivity index (χ3v) is 12.6. The summed E-state index contributed by atoms with van der Waals surface area (Å²) >= 11 is 1.22. The Morgan fingerprint density at radius 1 is 0.673 bits per heavy atom. The van der Waals surface area contributed by atoms with Crippen molar-refractivity contribution in [3.8, 4) is 11.1 Å². The van der Waals surface area contributed by atoms with Gasteiger partial charge in [-0.1, -0.05) is 96.1 Å². The first-order valence-corrected chi connectivity index (χ1v) is 20.0. The van der Waals surface area contributed by atoms with Crippen molar-refractivity contribution in [2.45, 2.75) is 98.3 Å². The molecule has 0 saturated heterocycles. The summed E-state index contributed by atoms with van der Waals surface area (Å²) in [5.74, 6) is -0.488. The Morgan fingerprint density at radius 2 is 1.16 bits per heavy atom.